The second kappa shape index (κ2) is 4.49. The van der Waals surface area contributed by atoms with Gasteiger partial charge in [-0.15, -0.1) is 0 Å². The molecule has 1 aromatic heterocycles. The predicted molar refractivity (Wildman–Crippen MR) is 55.5 cm³/mol. The lowest BCUT2D eigenvalue weighted by Gasteiger charge is -2.15. The highest BCUT2D eigenvalue weighted by Crippen LogP contribution is 2.35. The van der Waals surface area contributed by atoms with Crippen LogP contribution >= 0.6 is 0 Å². The van der Waals surface area contributed by atoms with E-state index in [9.17, 15) is 4.79 Å². The lowest BCUT2D eigenvalue weighted by atomic mass is 9.89. The van der Waals surface area contributed by atoms with E-state index in [0.29, 0.717) is 12.5 Å². The third kappa shape index (κ3) is 1.86. The van der Waals surface area contributed by atoms with E-state index in [1.807, 2.05) is 6.07 Å². The maximum absolute atomic E-state index is 11.0. The van der Waals surface area contributed by atoms with Gasteiger partial charge in [-0.2, -0.15) is 0 Å². The number of hydrogen-bond acceptors (Lipinski definition) is 4. The lowest BCUT2D eigenvalue weighted by Crippen LogP contribution is -2.21. The van der Waals surface area contributed by atoms with Crippen molar-refractivity contribution in [2.75, 3.05) is 20.3 Å². The Balaban J connectivity index is 2.32. The monoisotopic (exact) mass is 223 g/mol. The molecule has 5 heteroatoms. The van der Waals surface area contributed by atoms with Gasteiger partial charge >= 0.3 is 5.97 Å². The molecule has 0 amide bonds. The Morgan fingerprint density at radius 2 is 2.44 bits per heavy atom. The zero-order chi connectivity index (χ0) is 11.5. The molecule has 0 saturated carbocycles. The molecule has 5 nitrogen and oxygen atoms in total. The predicted octanol–water partition coefficient (Wildman–Crippen LogP) is 0.905. The van der Waals surface area contributed by atoms with Crippen LogP contribution in [0.2, 0.25) is 0 Å². The number of carbonyl (C=O) groups is 1. The molecule has 1 fully saturated rings. The summed E-state index contributed by atoms with van der Waals surface area (Å²) in [6.45, 7) is 0.650. The summed E-state index contributed by atoms with van der Waals surface area (Å²) in [5.41, 5.74) is 0.801. The fourth-order valence-corrected chi connectivity index (χ4v) is 1.96. The minimum absolute atomic E-state index is 0.179. The number of pyridine rings is 1. The van der Waals surface area contributed by atoms with Crippen LogP contribution in [0.5, 0.6) is 5.88 Å². The molecule has 2 unspecified atom stereocenters. The van der Waals surface area contributed by atoms with Crippen LogP contribution in [0.4, 0.5) is 0 Å². The fraction of sp³-hybridized carbons (Fsp3) is 0.455. The van der Waals surface area contributed by atoms with Gasteiger partial charge < -0.3 is 14.6 Å². The molecule has 16 heavy (non-hydrogen) atoms. The Labute approximate surface area is 93.0 Å². The van der Waals surface area contributed by atoms with Gasteiger partial charge in [0.2, 0.25) is 5.88 Å². The molecular weight excluding hydrogens is 210 g/mol. The number of methoxy groups -OCH3 is 1. The summed E-state index contributed by atoms with van der Waals surface area (Å²) in [7, 11) is 1.53. The molecule has 0 aromatic carbocycles. The van der Waals surface area contributed by atoms with Crippen molar-refractivity contribution in [1.82, 2.24) is 4.98 Å². The van der Waals surface area contributed by atoms with Gasteiger partial charge in [-0.1, -0.05) is 6.07 Å². The van der Waals surface area contributed by atoms with Crippen LogP contribution in [-0.4, -0.2) is 36.4 Å². The van der Waals surface area contributed by atoms with Crippen LogP contribution in [0.3, 0.4) is 0 Å². The minimum Gasteiger partial charge on any atom is -0.481 e. The van der Waals surface area contributed by atoms with Crippen molar-refractivity contribution in [2.45, 2.75) is 5.92 Å². The number of nitrogens with zero attached hydrogens (tertiary/aromatic N) is 1. The van der Waals surface area contributed by atoms with Gasteiger partial charge in [0.15, 0.2) is 0 Å². The third-order valence-corrected chi connectivity index (χ3v) is 2.79. The highest BCUT2D eigenvalue weighted by Gasteiger charge is 2.36. The number of aromatic nitrogens is 1. The summed E-state index contributed by atoms with van der Waals surface area (Å²) in [5.74, 6) is -1.06. The van der Waals surface area contributed by atoms with Crippen molar-refractivity contribution in [3.05, 3.63) is 23.9 Å². The summed E-state index contributed by atoms with van der Waals surface area (Å²) in [6.07, 6.45) is 1.62. The van der Waals surface area contributed by atoms with Gasteiger partial charge in [-0.3, -0.25) is 4.79 Å². The SMILES string of the molecule is COc1ncccc1C1COCC1C(=O)O. The number of carboxylic acids is 1. The average molecular weight is 223 g/mol. The summed E-state index contributed by atoms with van der Waals surface area (Å²) in [6, 6.07) is 3.61. The molecule has 1 aliphatic rings. The molecule has 2 heterocycles. The van der Waals surface area contributed by atoms with Crippen molar-refractivity contribution in [3.8, 4) is 5.88 Å². The Hall–Kier alpha value is -1.62. The Kier molecular flexibility index (Phi) is 3.05. The van der Waals surface area contributed by atoms with E-state index >= 15 is 0 Å². The summed E-state index contributed by atoms with van der Waals surface area (Å²) in [5, 5.41) is 9.07. The van der Waals surface area contributed by atoms with Crippen molar-refractivity contribution >= 4 is 5.97 Å². The first-order valence-corrected chi connectivity index (χ1v) is 5.03. The van der Waals surface area contributed by atoms with Crippen LogP contribution in [0.1, 0.15) is 11.5 Å². The van der Waals surface area contributed by atoms with Crippen molar-refractivity contribution in [3.63, 3.8) is 0 Å². The van der Waals surface area contributed by atoms with E-state index in [4.69, 9.17) is 14.6 Å². The average Bonchev–Trinajstić information content (AvgIpc) is 2.77. The molecule has 2 rings (SSSR count). The summed E-state index contributed by atoms with van der Waals surface area (Å²) >= 11 is 0. The molecule has 1 saturated heterocycles. The molecule has 0 bridgehead atoms. The summed E-state index contributed by atoms with van der Waals surface area (Å²) in [4.78, 5) is 15.1. The van der Waals surface area contributed by atoms with Gasteiger partial charge in [0.05, 0.1) is 26.2 Å². The first-order valence-electron chi connectivity index (χ1n) is 5.03. The third-order valence-electron chi connectivity index (χ3n) is 2.79. The van der Waals surface area contributed by atoms with Gasteiger partial charge in [-0.05, 0) is 6.07 Å². The highest BCUT2D eigenvalue weighted by molar-refractivity contribution is 5.72. The van der Waals surface area contributed by atoms with E-state index in [2.05, 4.69) is 4.98 Å². The topological polar surface area (TPSA) is 68.7 Å². The van der Waals surface area contributed by atoms with Crippen LogP contribution in [0.25, 0.3) is 0 Å². The first kappa shape index (κ1) is 10.9. The van der Waals surface area contributed by atoms with E-state index in [-0.39, 0.29) is 12.5 Å². The standard InChI is InChI=1S/C11H13NO4/c1-15-10-7(3-2-4-12-10)8-5-16-6-9(8)11(13)14/h2-4,8-9H,5-6H2,1H3,(H,13,14). The van der Waals surface area contributed by atoms with Crippen LogP contribution < -0.4 is 4.74 Å². The molecule has 1 aromatic rings. The Morgan fingerprint density at radius 3 is 3.12 bits per heavy atom. The number of rotatable bonds is 3. The number of aliphatic carboxylic acids is 1. The highest BCUT2D eigenvalue weighted by atomic mass is 16.5. The van der Waals surface area contributed by atoms with Gasteiger partial charge in [0, 0.05) is 17.7 Å². The first-order chi connectivity index (χ1) is 7.74. The minimum atomic E-state index is -0.839. The molecule has 0 spiro atoms. The number of hydrogen-bond donors (Lipinski definition) is 1. The van der Waals surface area contributed by atoms with Crippen LogP contribution in [0, 0.1) is 5.92 Å². The van der Waals surface area contributed by atoms with E-state index < -0.39 is 11.9 Å². The Bertz CT molecular complexity index is 393. The van der Waals surface area contributed by atoms with Crippen molar-refractivity contribution in [1.29, 1.82) is 0 Å². The molecule has 1 N–H and O–H groups in total. The smallest absolute Gasteiger partial charge is 0.309 e. The largest absolute Gasteiger partial charge is 0.481 e. The zero-order valence-corrected chi connectivity index (χ0v) is 8.92. The van der Waals surface area contributed by atoms with Crippen molar-refractivity contribution in [2.24, 2.45) is 5.92 Å². The van der Waals surface area contributed by atoms with Gasteiger partial charge in [-0.25, -0.2) is 4.98 Å². The number of carboxylic acid groups (broad SMARTS) is 1. The van der Waals surface area contributed by atoms with Crippen LogP contribution in [0.15, 0.2) is 18.3 Å². The summed E-state index contributed by atoms with van der Waals surface area (Å²) < 4.78 is 10.3. The molecule has 1 aliphatic heterocycles. The zero-order valence-electron chi connectivity index (χ0n) is 8.92. The molecule has 0 aliphatic carbocycles. The maximum atomic E-state index is 11.0. The lowest BCUT2D eigenvalue weighted by molar-refractivity contribution is -0.142. The molecule has 2 atom stereocenters. The van der Waals surface area contributed by atoms with Gasteiger partial charge in [0.1, 0.15) is 0 Å². The van der Waals surface area contributed by atoms with Crippen molar-refractivity contribution < 1.29 is 19.4 Å². The maximum Gasteiger partial charge on any atom is 0.309 e. The second-order valence-electron chi connectivity index (χ2n) is 3.69. The molecular formula is C11H13NO4. The Morgan fingerprint density at radius 1 is 1.62 bits per heavy atom. The van der Waals surface area contributed by atoms with Crippen LogP contribution in [-0.2, 0) is 9.53 Å². The fourth-order valence-electron chi connectivity index (χ4n) is 1.96. The quantitative estimate of drug-likeness (QED) is 0.824. The molecule has 86 valence electrons. The number of ether oxygens (including phenoxy) is 2. The van der Waals surface area contributed by atoms with E-state index in [0.717, 1.165) is 5.56 Å². The van der Waals surface area contributed by atoms with Gasteiger partial charge in [0.25, 0.3) is 0 Å². The van der Waals surface area contributed by atoms with E-state index in [1.165, 1.54) is 7.11 Å². The van der Waals surface area contributed by atoms with E-state index in [1.54, 1.807) is 12.3 Å². The normalized spacial score (nSPS) is 24.3. The molecule has 0 radical (unpaired) electrons. The second-order valence-corrected chi connectivity index (χ2v) is 3.69.